The summed E-state index contributed by atoms with van der Waals surface area (Å²) in [5.41, 5.74) is 3.90. The van der Waals surface area contributed by atoms with Gasteiger partial charge in [0.25, 0.3) is 0 Å². The highest BCUT2D eigenvalue weighted by Gasteiger charge is 2.09. The lowest BCUT2D eigenvalue weighted by Gasteiger charge is -2.06. The Hall–Kier alpha value is -3.18. The van der Waals surface area contributed by atoms with Gasteiger partial charge in [-0.15, -0.1) is 0 Å². The summed E-state index contributed by atoms with van der Waals surface area (Å²) in [7, 11) is 0. The normalized spacial score (nSPS) is 10.9. The Labute approximate surface area is 148 Å². The van der Waals surface area contributed by atoms with Gasteiger partial charge in [0.05, 0.1) is 17.5 Å². The predicted octanol–water partition coefficient (Wildman–Crippen LogP) is 4.41. The molecule has 5 nitrogen and oxygen atoms in total. The summed E-state index contributed by atoms with van der Waals surface area (Å²) in [5.74, 6) is -0.351. The first-order valence-corrected chi connectivity index (χ1v) is 7.92. The topological polar surface area (TPSA) is 67.5 Å². The molecule has 0 aliphatic carbocycles. The number of fused-ring (bicyclic) bond motifs is 1. The second kappa shape index (κ2) is 6.03. The summed E-state index contributed by atoms with van der Waals surface area (Å²) in [5, 5.41) is 9.68. The highest BCUT2D eigenvalue weighted by Crippen LogP contribution is 2.25. The van der Waals surface area contributed by atoms with E-state index in [9.17, 15) is 4.79 Å². The average Bonchev–Trinajstić information content (AvgIpc) is 3.05. The van der Waals surface area contributed by atoms with E-state index >= 15 is 0 Å². The molecule has 1 N–H and O–H groups in total. The van der Waals surface area contributed by atoms with Gasteiger partial charge in [-0.1, -0.05) is 35.9 Å². The van der Waals surface area contributed by atoms with Crippen LogP contribution >= 0.6 is 11.6 Å². The molecule has 4 aromatic rings. The van der Waals surface area contributed by atoms with Gasteiger partial charge in [-0.05, 0) is 29.8 Å². The Morgan fingerprint density at radius 3 is 2.20 bits per heavy atom. The van der Waals surface area contributed by atoms with Crippen LogP contribution in [0.1, 0.15) is 10.4 Å². The highest BCUT2D eigenvalue weighted by atomic mass is 35.5. The van der Waals surface area contributed by atoms with Crippen LogP contribution in [0.4, 0.5) is 0 Å². The molecule has 2 aromatic carbocycles. The van der Waals surface area contributed by atoms with Crippen molar-refractivity contribution in [2.24, 2.45) is 0 Å². The van der Waals surface area contributed by atoms with Crippen LogP contribution in [0.15, 0.2) is 67.1 Å². The van der Waals surface area contributed by atoms with Gasteiger partial charge in [0.15, 0.2) is 0 Å². The molecule has 0 atom stereocenters. The molecule has 25 heavy (non-hydrogen) atoms. The summed E-state index contributed by atoms with van der Waals surface area (Å²) in [6.07, 6.45) is 5.43. The van der Waals surface area contributed by atoms with Crippen molar-refractivity contribution in [1.82, 2.24) is 14.4 Å². The predicted molar refractivity (Wildman–Crippen MR) is 95.8 cm³/mol. The van der Waals surface area contributed by atoms with Crippen LogP contribution in [0, 0.1) is 0 Å². The second-order valence-electron chi connectivity index (χ2n) is 5.55. The molecule has 122 valence electrons. The SMILES string of the molecule is O=C(O)c1ccc(-c2cnc3ncc(-c4ccc(Cl)cc4)n3c2)cc1. The monoisotopic (exact) mass is 349 g/mol. The third-order valence-electron chi connectivity index (χ3n) is 3.97. The molecule has 0 amide bonds. The molecule has 6 heteroatoms. The molecule has 0 radical (unpaired) electrons. The molecule has 4 rings (SSSR count). The van der Waals surface area contributed by atoms with Gasteiger partial charge in [0.1, 0.15) is 0 Å². The van der Waals surface area contributed by atoms with E-state index in [0.717, 1.165) is 22.4 Å². The molecule has 0 saturated carbocycles. The van der Waals surface area contributed by atoms with E-state index in [1.54, 1.807) is 36.7 Å². The van der Waals surface area contributed by atoms with Crippen LogP contribution in [0.25, 0.3) is 28.2 Å². The van der Waals surface area contributed by atoms with Crippen LogP contribution in [0.5, 0.6) is 0 Å². The van der Waals surface area contributed by atoms with Crippen molar-refractivity contribution in [3.05, 3.63) is 77.7 Å². The van der Waals surface area contributed by atoms with Crippen molar-refractivity contribution in [2.75, 3.05) is 0 Å². The number of halogens is 1. The summed E-state index contributed by atoms with van der Waals surface area (Å²) < 4.78 is 1.91. The van der Waals surface area contributed by atoms with Gasteiger partial charge in [-0.2, -0.15) is 0 Å². The average molecular weight is 350 g/mol. The van der Waals surface area contributed by atoms with Crippen molar-refractivity contribution in [1.29, 1.82) is 0 Å². The Morgan fingerprint density at radius 2 is 1.52 bits per heavy atom. The zero-order chi connectivity index (χ0) is 17.4. The lowest BCUT2D eigenvalue weighted by molar-refractivity contribution is 0.0697. The minimum atomic E-state index is -0.945. The van der Waals surface area contributed by atoms with Gasteiger partial charge < -0.3 is 5.11 Å². The van der Waals surface area contributed by atoms with Crippen molar-refractivity contribution in [3.8, 4) is 22.4 Å². The van der Waals surface area contributed by atoms with E-state index in [1.807, 2.05) is 34.9 Å². The molecule has 0 spiro atoms. The number of rotatable bonds is 3. The number of benzene rings is 2. The van der Waals surface area contributed by atoms with Gasteiger partial charge in [-0.25, -0.2) is 14.8 Å². The number of carbonyl (C=O) groups is 1. The number of hydrogen-bond donors (Lipinski definition) is 1. The first-order chi connectivity index (χ1) is 12.1. The molecule has 2 aromatic heterocycles. The number of hydrogen-bond acceptors (Lipinski definition) is 3. The van der Waals surface area contributed by atoms with Gasteiger partial charge >= 0.3 is 5.97 Å². The largest absolute Gasteiger partial charge is 0.478 e. The third-order valence-corrected chi connectivity index (χ3v) is 4.22. The summed E-state index contributed by atoms with van der Waals surface area (Å²) >= 11 is 5.96. The van der Waals surface area contributed by atoms with Gasteiger partial charge in [0.2, 0.25) is 5.78 Å². The molecular formula is C19H12ClN3O2. The lowest BCUT2D eigenvalue weighted by atomic mass is 10.1. The number of carboxylic acids is 1. The van der Waals surface area contributed by atoms with Crippen LogP contribution in [-0.2, 0) is 0 Å². The molecule has 0 aliphatic heterocycles. The maximum Gasteiger partial charge on any atom is 0.335 e. The highest BCUT2D eigenvalue weighted by molar-refractivity contribution is 6.30. The van der Waals surface area contributed by atoms with E-state index in [2.05, 4.69) is 9.97 Å². The zero-order valence-corrected chi connectivity index (χ0v) is 13.7. The Kier molecular flexibility index (Phi) is 3.71. The molecule has 0 unspecified atom stereocenters. The number of aromatic nitrogens is 3. The lowest BCUT2D eigenvalue weighted by Crippen LogP contribution is -1.96. The fourth-order valence-electron chi connectivity index (χ4n) is 2.66. The van der Waals surface area contributed by atoms with Crippen molar-refractivity contribution >= 4 is 23.3 Å². The van der Waals surface area contributed by atoms with Crippen molar-refractivity contribution in [2.45, 2.75) is 0 Å². The molecule has 2 heterocycles. The molecule has 0 saturated heterocycles. The number of nitrogens with zero attached hydrogens (tertiary/aromatic N) is 3. The van der Waals surface area contributed by atoms with Gasteiger partial charge in [0, 0.05) is 28.5 Å². The quantitative estimate of drug-likeness (QED) is 0.594. The van der Waals surface area contributed by atoms with E-state index in [4.69, 9.17) is 16.7 Å². The van der Waals surface area contributed by atoms with Crippen LogP contribution < -0.4 is 0 Å². The van der Waals surface area contributed by atoms with E-state index in [0.29, 0.717) is 10.8 Å². The van der Waals surface area contributed by atoms with E-state index in [-0.39, 0.29) is 5.56 Å². The van der Waals surface area contributed by atoms with Crippen LogP contribution in [0.3, 0.4) is 0 Å². The molecule has 0 bridgehead atoms. The minimum absolute atomic E-state index is 0.252. The molecule has 0 fully saturated rings. The molecule has 0 aliphatic rings. The summed E-state index contributed by atoms with van der Waals surface area (Å²) in [6, 6.07) is 14.2. The summed E-state index contributed by atoms with van der Waals surface area (Å²) in [6.45, 7) is 0. The molecular weight excluding hydrogens is 338 g/mol. The second-order valence-corrected chi connectivity index (χ2v) is 5.98. The Balaban J connectivity index is 1.80. The fourth-order valence-corrected chi connectivity index (χ4v) is 2.79. The summed E-state index contributed by atoms with van der Waals surface area (Å²) in [4.78, 5) is 19.7. The first-order valence-electron chi connectivity index (χ1n) is 7.54. The smallest absolute Gasteiger partial charge is 0.335 e. The fraction of sp³-hybridized carbons (Fsp3) is 0. The standard InChI is InChI=1S/C19H12ClN3O2/c20-16-7-5-13(6-8-16)17-10-22-19-21-9-15(11-23(17)19)12-1-3-14(4-2-12)18(24)25/h1-11H,(H,24,25). The van der Waals surface area contributed by atoms with E-state index in [1.165, 1.54) is 0 Å². The van der Waals surface area contributed by atoms with Crippen molar-refractivity contribution in [3.63, 3.8) is 0 Å². The van der Waals surface area contributed by atoms with Crippen LogP contribution in [-0.4, -0.2) is 25.4 Å². The first kappa shape index (κ1) is 15.4. The Bertz CT molecular complexity index is 1070. The maximum absolute atomic E-state index is 11.0. The van der Waals surface area contributed by atoms with Crippen molar-refractivity contribution < 1.29 is 9.90 Å². The Morgan fingerprint density at radius 1 is 0.880 bits per heavy atom. The van der Waals surface area contributed by atoms with Crippen LogP contribution in [0.2, 0.25) is 5.02 Å². The third kappa shape index (κ3) is 2.86. The zero-order valence-electron chi connectivity index (χ0n) is 12.9. The number of imidazole rings is 1. The van der Waals surface area contributed by atoms with E-state index < -0.39 is 5.97 Å². The maximum atomic E-state index is 11.0. The van der Waals surface area contributed by atoms with Gasteiger partial charge in [-0.3, -0.25) is 4.40 Å². The number of aromatic carboxylic acids is 1. The minimum Gasteiger partial charge on any atom is -0.478 e. The number of carboxylic acid groups (broad SMARTS) is 1.